The van der Waals surface area contributed by atoms with Gasteiger partial charge >= 0.3 is 5.97 Å². The molecule has 0 saturated heterocycles. The molecule has 1 aliphatic carbocycles. The van der Waals surface area contributed by atoms with Gasteiger partial charge in [0.05, 0.1) is 12.1 Å². The van der Waals surface area contributed by atoms with Gasteiger partial charge in [0.1, 0.15) is 0 Å². The van der Waals surface area contributed by atoms with Crippen LogP contribution in [0.2, 0.25) is 0 Å². The molecule has 4 heteroatoms. The van der Waals surface area contributed by atoms with E-state index in [1.807, 2.05) is 24.3 Å². The summed E-state index contributed by atoms with van der Waals surface area (Å²) >= 11 is 0. The van der Waals surface area contributed by atoms with Crippen molar-refractivity contribution in [2.45, 2.75) is 19.3 Å². The van der Waals surface area contributed by atoms with Gasteiger partial charge in [-0.2, -0.15) is 0 Å². The number of benzene rings is 1. The van der Waals surface area contributed by atoms with Gasteiger partial charge in [-0.1, -0.05) is 24.3 Å². The van der Waals surface area contributed by atoms with Crippen LogP contribution in [0.1, 0.15) is 32.9 Å². The summed E-state index contributed by atoms with van der Waals surface area (Å²) in [6.45, 7) is 0. The number of H-pyrrole nitrogens is 1. The Bertz CT molecular complexity index is 670. The summed E-state index contributed by atoms with van der Waals surface area (Å²) in [5.74, 6) is -0.941. The predicted octanol–water partition coefficient (Wildman–Crippen LogP) is 1.97. The molecule has 0 radical (unpaired) electrons. The third-order valence-electron chi connectivity index (χ3n) is 3.45. The Kier molecular flexibility index (Phi) is 2.71. The molecule has 0 unspecified atom stereocenters. The minimum atomic E-state index is -0.899. The number of carbonyl (C=O) groups excluding carboxylic acids is 1. The molecule has 0 spiro atoms. The molecule has 1 aliphatic rings. The second kappa shape index (κ2) is 4.39. The number of carbonyl (C=O) groups is 2. The molecule has 19 heavy (non-hydrogen) atoms. The maximum atomic E-state index is 12.4. The fourth-order valence-electron chi connectivity index (χ4n) is 2.58. The first-order valence-electron chi connectivity index (χ1n) is 6.20. The maximum Gasteiger partial charge on any atom is 0.309 e. The Morgan fingerprint density at radius 3 is 2.74 bits per heavy atom. The molecule has 1 aromatic heterocycles. The number of hydrogen-bond acceptors (Lipinski definition) is 2. The van der Waals surface area contributed by atoms with Crippen molar-refractivity contribution in [1.29, 1.82) is 0 Å². The summed E-state index contributed by atoms with van der Waals surface area (Å²) in [6.07, 6.45) is 1.48. The third-order valence-corrected chi connectivity index (χ3v) is 3.45. The van der Waals surface area contributed by atoms with Crippen molar-refractivity contribution >= 4 is 11.8 Å². The number of aromatic amines is 1. The molecule has 2 N–H and O–H groups in total. The lowest BCUT2D eigenvalue weighted by Gasteiger charge is -2.03. The molecule has 1 heterocycles. The van der Waals surface area contributed by atoms with Crippen molar-refractivity contribution in [1.82, 2.24) is 4.98 Å². The Morgan fingerprint density at radius 1 is 1.21 bits per heavy atom. The number of nitrogens with one attached hydrogen (secondary N) is 1. The van der Waals surface area contributed by atoms with Crippen LogP contribution in [0.15, 0.2) is 30.3 Å². The monoisotopic (exact) mass is 255 g/mol. The number of hydrogen-bond donors (Lipinski definition) is 2. The molecule has 1 aromatic carbocycles. The number of carboxylic acid groups (broad SMARTS) is 1. The van der Waals surface area contributed by atoms with Gasteiger partial charge in [-0.3, -0.25) is 9.59 Å². The minimum absolute atomic E-state index is 0.0419. The summed E-state index contributed by atoms with van der Waals surface area (Å²) in [5, 5.41) is 8.80. The standard InChI is InChI=1S/C15H13NO3/c17-13(18)8-11-7-10-6-5-9-3-1-2-4-12(9)15(19)14(10)16-11/h1-4,7,16H,5-6,8H2,(H,17,18). The SMILES string of the molecule is O=C(O)Cc1cc2c([nH]1)C(=O)c1ccccc1CC2. The quantitative estimate of drug-likeness (QED) is 0.862. The van der Waals surface area contributed by atoms with Gasteiger partial charge in [-0.05, 0) is 30.0 Å². The Labute approximate surface area is 110 Å². The molecule has 96 valence electrons. The van der Waals surface area contributed by atoms with E-state index in [-0.39, 0.29) is 12.2 Å². The van der Waals surface area contributed by atoms with Crippen LogP contribution in [0.25, 0.3) is 0 Å². The molecular weight excluding hydrogens is 242 g/mol. The van der Waals surface area contributed by atoms with Gasteiger partial charge in [0.2, 0.25) is 5.78 Å². The Balaban J connectivity index is 2.05. The molecule has 0 fully saturated rings. The average molecular weight is 255 g/mol. The van der Waals surface area contributed by atoms with Crippen LogP contribution in [-0.2, 0) is 24.1 Å². The highest BCUT2D eigenvalue weighted by atomic mass is 16.4. The van der Waals surface area contributed by atoms with Crippen molar-refractivity contribution in [3.8, 4) is 0 Å². The second-order valence-corrected chi connectivity index (χ2v) is 4.75. The lowest BCUT2D eigenvalue weighted by Crippen LogP contribution is -2.05. The van der Waals surface area contributed by atoms with E-state index in [4.69, 9.17) is 5.11 Å². The van der Waals surface area contributed by atoms with Crippen molar-refractivity contribution < 1.29 is 14.7 Å². The lowest BCUT2D eigenvalue weighted by atomic mass is 10.0. The van der Waals surface area contributed by atoms with Gasteiger partial charge in [-0.25, -0.2) is 0 Å². The molecular formula is C15H13NO3. The highest BCUT2D eigenvalue weighted by Gasteiger charge is 2.23. The number of aryl methyl sites for hydroxylation is 2. The Morgan fingerprint density at radius 2 is 1.95 bits per heavy atom. The first kappa shape index (κ1) is 11.7. The largest absolute Gasteiger partial charge is 0.481 e. The van der Waals surface area contributed by atoms with E-state index in [0.29, 0.717) is 17.0 Å². The smallest absolute Gasteiger partial charge is 0.309 e. The molecule has 4 nitrogen and oxygen atoms in total. The van der Waals surface area contributed by atoms with Crippen molar-refractivity contribution in [2.24, 2.45) is 0 Å². The molecule has 0 atom stereocenters. The molecule has 0 bridgehead atoms. The molecule has 3 rings (SSSR count). The van der Waals surface area contributed by atoms with E-state index in [2.05, 4.69) is 4.98 Å². The molecule has 0 amide bonds. The fraction of sp³-hybridized carbons (Fsp3) is 0.200. The lowest BCUT2D eigenvalue weighted by molar-refractivity contribution is -0.136. The van der Waals surface area contributed by atoms with Crippen molar-refractivity contribution in [3.05, 3.63) is 58.4 Å². The molecule has 2 aromatic rings. The number of rotatable bonds is 2. The molecule has 0 saturated carbocycles. The van der Waals surface area contributed by atoms with Gasteiger partial charge in [0.15, 0.2) is 0 Å². The highest BCUT2D eigenvalue weighted by molar-refractivity contribution is 6.10. The number of aromatic nitrogens is 1. The third kappa shape index (κ3) is 2.05. The van der Waals surface area contributed by atoms with Crippen LogP contribution < -0.4 is 0 Å². The van der Waals surface area contributed by atoms with E-state index >= 15 is 0 Å². The van der Waals surface area contributed by atoms with E-state index in [1.165, 1.54) is 0 Å². The zero-order chi connectivity index (χ0) is 13.4. The zero-order valence-electron chi connectivity index (χ0n) is 10.3. The molecule has 0 aliphatic heterocycles. The van der Waals surface area contributed by atoms with E-state index in [0.717, 1.165) is 24.0 Å². The summed E-state index contributed by atoms with van der Waals surface area (Å²) in [5.41, 5.74) is 3.81. The number of carboxylic acids is 1. The number of aliphatic carboxylic acids is 1. The van der Waals surface area contributed by atoms with Crippen LogP contribution in [0, 0.1) is 0 Å². The van der Waals surface area contributed by atoms with E-state index in [1.54, 1.807) is 6.07 Å². The zero-order valence-corrected chi connectivity index (χ0v) is 10.3. The highest BCUT2D eigenvalue weighted by Crippen LogP contribution is 2.24. The fourth-order valence-corrected chi connectivity index (χ4v) is 2.58. The van der Waals surface area contributed by atoms with Crippen molar-refractivity contribution in [3.63, 3.8) is 0 Å². The summed E-state index contributed by atoms with van der Waals surface area (Å²) in [4.78, 5) is 26.1. The maximum absolute atomic E-state index is 12.4. The van der Waals surface area contributed by atoms with E-state index < -0.39 is 5.97 Å². The van der Waals surface area contributed by atoms with E-state index in [9.17, 15) is 9.59 Å². The van der Waals surface area contributed by atoms with Crippen LogP contribution in [0.3, 0.4) is 0 Å². The topological polar surface area (TPSA) is 70.2 Å². The van der Waals surface area contributed by atoms with Crippen LogP contribution in [0.5, 0.6) is 0 Å². The predicted molar refractivity (Wildman–Crippen MR) is 69.4 cm³/mol. The van der Waals surface area contributed by atoms with Crippen LogP contribution >= 0.6 is 0 Å². The number of fused-ring (bicyclic) bond motifs is 2. The average Bonchev–Trinajstić information content (AvgIpc) is 2.72. The van der Waals surface area contributed by atoms with Gasteiger partial charge in [0.25, 0.3) is 0 Å². The van der Waals surface area contributed by atoms with Crippen LogP contribution in [-0.4, -0.2) is 21.8 Å². The van der Waals surface area contributed by atoms with Gasteiger partial charge in [-0.15, -0.1) is 0 Å². The summed E-state index contributed by atoms with van der Waals surface area (Å²) in [6, 6.07) is 9.37. The van der Waals surface area contributed by atoms with Crippen molar-refractivity contribution in [2.75, 3.05) is 0 Å². The minimum Gasteiger partial charge on any atom is -0.481 e. The summed E-state index contributed by atoms with van der Waals surface area (Å²) in [7, 11) is 0. The second-order valence-electron chi connectivity index (χ2n) is 4.75. The first-order chi connectivity index (χ1) is 9.15. The van der Waals surface area contributed by atoms with Crippen LogP contribution in [0.4, 0.5) is 0 Å². The number of ketones is 1. The van der Waals surface area contributed by atoms with Gasteiger partial charge < -0.3 is 10.1 Å². The van der Waals surface area contributed by atoms with Gasteiger partial charge in [0, 0.05) is 11.3 Å². The normalized spacial score (nSPS) is 13.6. The first-order valence-corrected chi connectivity index (χ1v) is 6.20. The Hall–Kier alpha value is -2.36. The summed E-state index contributed by atoms with van der Waals surface area (Å²) < 4.78 is 0.